The van der Waals surface area contributed by atoms with Crippen LogP contribution < -0.4 is 5.32 Å². The summed E-state index contributed by atoms with van der Waals surface area (Å²) < 4.78 is 40.1. The van der Waals surface area contributed by atoms with Gasteiger partial charge in [0, 0.05) is 10.5 Å². The maximum Gasteiger partial charge on any atom is 0.258 e. The van der Waals surface area contributed by atoms with Crippen LogP contribution in [0.1, 0.15) is 10.4 Å². The minimum atomic E-state index is -1.00. The van der Waals surface area contributed by atoms with Crippen LogP contribution in [-0.2, 0) is 0 Å². The first-order chi connectivity index (χ1) is 8.97. The van der Waals surface area contributed by atoms with Crippen LogP contribution in [0.4, 0.5) is 18.9 Å². The highest BCUT2D eigenvalue weighted by Crippen LogP contribution is 2.20. The number of hydrogen-bond donors (Lipinski definition) is 1. The van der Waals surface area contributed by atoms with Gasteiger partial charge in [-0.1, -0.05) is 15.9 Å². The third-order valence-electron chi connectivity index (χ3n) is 2.36. The molecule has 0 spiro atoms. The minimum Gasteiger partial charge on any atom is -0.319 e. The van der Waals surface area contributed by atoms with Gasteiger partial charge in [0.2, 0.25) is 0 Å². The Morgan fingerprint density at radius 2 is 1.74 bits per heavy atom. The molecule has 0 bridgehead atoms. The summed E-state index contributed by atoms with van der Waals surface area (Å²) in [6.45, 7) is 0. The molecule has 0 aliphatic heterocycles. The van der Waals surface area contributed by atoms with E-state index in [1.807, 2.05) is 0 Å². The predicted molar refractivity (Wildman–Crippen MR) is 68.4 cm³/mol. The Morgan fingerprint density at radius 3 is 2.37 bits per heavy atom. The zero-order chi connectivity index (χ0) is 14.0. The molecule has 0 saturated carbocycles. The summed E-state index contributed by atoms with van der Waals surface area (Å²) >= 11 is 3.07. The van der Waals surface area contributed by atoms with E-state index in [0.29, 0.717) is 10.5 Å². The summed E-state index contributed by atoms with van der Waals surface area (Å²) in [5.41, 5.74) is -0.444. The lowest BCUT2D eigenvalue weighted by Gasteiger charge is -2.07. The minimum absolute atomic E-state index is 0.0862. The standard InChI is InChI=1S/C13H7BrF3NO/c14-7-1-4-12(11(17)5-7)18-13(19)9-3-2-8(15)6-10(9)16/h1-6H,(H,18,19). The molecular formula is C13H7BrF3NO. The first-order valence-corrected chi connectivity index (χ1v) is 5.98. The van der Waals surface area contributed by atoms with Crippen molar-refractivity contribution in [2.45, 2.75) is 0 Å². The van der Waals surface area contributed by atoms with Crippen LogP contribution >= 0.6 is 15.9 Å². The van der Waals surface area contributed by atoms with Crippen LogP contribution in [0.2, 0.25) is 0 Å². The summed E-state index contributed by atoms with van der Waals surface area (Å²) in [6, 6.07) is 6.56. The van der Waals surface area contributed by atoms with E-state index in [0.717, 1.165) is 18.2 Å². The average Bonchev–Trinajstić information content (AvgIpc) is 2.32. The van der Waals surface area contributed by atoms with Crippen molar-refractivity contribution in [2.24, 2.45) is 0 Å². The molecule has 1 N–H and O–H groups in total. The van der Waals surface area contributed by atoms with Crippen molar-refractivity contribution in [3.8, 4) is 0 Å². The van der Waals surface area contributed by atoms with Crippen LogP contribution in [-0.4, -0.2) is 5.91 Å². The van der Waals surface area contributed by atoms with Gasteiger partial charge in [0.1, 0.15) is 17.5 Å². The Labute approximate surface area is 115 Å². The summed E-state index contributed by atoms with van der Waals surface area (Å²) in [5, 5.41) is 2.22. The Hall–Kier alpha value is -1.82. The van der Waals surface area contributed by atoms with Crippen LogP contribution in [0.15, 0.2) is 40.9 Å². The number of hydrogen-bond acceptors (Lipinski definition) is 1. The molecule has 6 heteroatoms. The molecule has 0 atom stereocenters. The lowest BCUT2D eigenvalue weighted by Crippen LogP contribution is -2.14. The topological polar surface area (TPSA) is 29.1 Å². The number of rotatable bonds is 2. The van der Waals surface area contributed by atoms with Gasteiger partial charge in [-0.05, 0) is 30.3 Å². The molecule has 98 valence electrons. The van der Waals surface area contributed by atoms with E-state index in [2.05, 4.69) is 21.2 Å². The van der Waals surface area contributed by atoms with Crippen molar-refractivity contribution in [2.75, 3.05) is 5.32 Å². The quantitative estimate of drug-likeness (QED) is 0.882. The summed E-state index contributed by atoms with van der Waals surface area (Å²) in [5.74, 6) is -3.30. The Balaban J connectivity index is 2.25. The fraction of sp³-hybridized carbons (Fsp3) is 0. The zero-order valence-electron chi connectivity index (χ0n) is 9.38. The number of benzene rings is 2. The molecule has 0 aliphatic carbocycles. The van der Waals surface area contributed by atoms with Crippen molar-refractivity contribution in [3.05, 3.63) is 63.9 Å². The van der Waals surface area contributed by atoms with Gasteiger partial charge < -0.3 is 5.32 Å². The molecule has 1 amide bonds. The van der Waals surface area contributed by atoms with Gasteiger partial charge in [-0.15, -0.1) is 0 Å². The molecular weight excluding hydrogens is 323 g/mol. The number of nitrogens with one attached hydrogen (secondary N) is 1. The average molecular weight is 330 g/mol. The number of carbonyl (C=O) groups is 1. The van der Waals surface area contributed by atoms with E-state index in [1.54, 1.807) is 0 Å². The van der Waals surface area contributed by atoms with Crippen molar-refractivity contribution in [1.82, 2.24) is 0 Å². The first-order valence-electron chi connectivity index (χ1n) is 5.19. The van der Waals surface area contributed by atoms with Crippen molar-refractivity contribution < 1.29 is 18.0 Å². The van der Waals surface area contributed by atoms with Crippen LogP contribution in [0.5, 0.6) is 0 Å². The highest BCUT2D eigenvalue weighted by molar-refractivity contribution is 9.10. The molecule has 0 aliphatic rings. The third kappa shape index (κ3) is 3.14. The first kappa shape index (κ1) is 13.6. The maximum absolute atomic E-state index is 13.5. The van der Waals surface area contributed by atoms with Crippen LogP contribution in [0.3, 0.4) is 0 Å². The Bertz CT molecular complexity index is 646. The second-order valence-electron chi connectivity index (χ2n) is 3.70. The molecule has 0 fully saturated rings. The molecule has 2 aromatic rings. The number of carbonyl (C=O) groups excluding carboxylic acids is 1. The second-order valence-corrected chi connectivity index (χ2v) is 4.62. The maximum atomic E-state index is 13.5. The van der Waals surface area contributed by atoms with Crippen molar-refractivity contribution in [1.29, 1.82) is 0 Å². The number of halogens is 4. The van der Waals surface area contributed by atoms with E-state index in [4.69, 9.17) is 0 Å². The molecule has 2 aromatic carbocycles. The largest absolute Gasteiger partial charge is 0.319 e. The van der Waals surface area contributed by atoms with E-state index in [1.165, 1.54) is 12.1 Å². The highest BCUT2D eigenvalue weighted by Gasteiger charge is 2.14. The number of anilines is 1. The van der Waals surface area contributed by atoms with Gasteiger partial charge in [-0.2, -0.15) is 0 Å². The summed E-state index contributed by atoms with van der Waals surface area (Å²) in [6.07, 6.45) is 0. The Kier molecular flexibility index (Phi) is 3.90. The summed E-state index contributed by atoms with van der Waals surface area (Å²) in [4.78, 5) is 11.7. The van der Waals surface area contributed by atoms with E-state index >= 15 is 0 Å². The molecule has 0 saturated heterocycles. The van der Waals surface area contributed by atoms with E-state index < -0.39 is 23.4 Å². The smallest absolute Gasteiger partial charge is 0.258 e. The molecule has 2 nitrogen and oxygen atoms in total. The SMILES string of the molecule is O=C(Nc1ccc(Br)cc1F)c1ccc(F)cc1F. The van der Waals surface area contributed by atoms with Crippen molar-refractivity contribution in [3.63, 3.8) is 0 Å². The van der Waals surface area contributed by atoms with Gasteiger partial charge in [0.05, 0.1) is 11.3 Å². The van der Waals surface area contributed by atoms with Gasteiger partial charge in [-0.3, -0.25) is 4.79 Å². The monoisotopic (exact) mass is 329 g/mol. The fourth-order valence-corrected chi connectivity index (χ4v) is 1.79. The van der Waals surface area contributed by atoms with Gasteiger partial charge in [-0.25, -0.2) is 13.2 Å². The normalized spacial score (nSPS) is 10.3. The van der Waals surface area contributed by atoms with Gasteiger partial charge in [0.15, 0.2) is 0 Å². The lowest BCUT2D eigenvalue weighted by molar-refractivity contribution is 0.102. The zero-order valence-corrected chi connectivity index (χ0v) is 11.0. The van der Waals surface area contributed by atoms with E-state index in [-0.39, 0.29) is 11.3 Å². The molecule has 0 radical (unpaired) electrons. The number of amides is 1. The van der Waals surface area contributed by atoms with Crippen molar-refractivity contribution >= 4 is 27.5 Å². The molecule has 0 unspecified atom stereocenters. The fourth-order valence-electron chi connectivity index (χ4n) is 1.45. The van der Waals surface area contributed by atoms with Gasteiger partial charge in [0.25, 0.3) is 5.91 Å². The van der Waals surface area contributed by atoms with E-state index in [9.17, 15) is 18.0 Å². The second kappa shape index (κ2) is 5.44. The molecule has 0 aromatic heterocycles. The Morgan fingerprint density at radius 1 is 1.00 bits per heavy atom. The molecule has 2 rings (SSSR count). The predicted octanol–water partition coefficient (Wildman–Crippen LogP) is 4.12. The lowest BCUT2D eigenvalue weighted by atomic mass is 10.2. The summed E-state index contributed by atoms with van der Waals surface area (Å²) in [7, 11) is 0. The van der Waals surface area contributed by atoms with Crippen LogP contribution in [0.25, 0.3) is 0 Å². The molecule has 0 heterocycles. The highest BCUT2D eigenvalue weighted by atomic mass is 79.9. The van der Waals surface area contributed by atoms with Gasteiger partial charge >= 0.3 is 0 Å². The molecule has 19 heavy (non-hydrogen) atoms. The third-order valence-corrected chi connectivity index (χ3v) is 2.85. The van der Waals surface area contributed by atoms with Crippen LogP contribution in [0, 0.1) is 17.5 Å².